The monoisotopic (exact) mass is 440 g/mol. The maximum atomic E-state index is 13.4. The standard InChI is InChI=1S/C23H32N6O3/c1-4-20(30)27-11-9-17-18(14-27)24-21(25-22(17)31)19-7-5-6-10-29(19)23(32)15(2)13-28-12-8-16(3)26-28/h8,12,15,19H,4-7,9-11,13-14H2,1-3H3,(H,24,25,31)/t15-,19-/m0/s1. The lowest BCUT2D eigenvalue weighted by Crippen LogP contribution is -2.44. The van der Waals surface area contributed by atoms with Crippen molar-refractivity contribution >= 4 is 11.8 Å². The van der Waals surface area contributed by atoms with Crippen LogP contribution in [0.1, 0.15) is 68.3 Å². The van der Waals surface area contributed by atoms with Gasteiger partial charge in [-0.05, 0) is 38.7 Å². The van der Waals surface area contributed by atoms with Crippen LogP contribution in [-0.4, -0.2) is 54.5 Å². The maximum absolute atomic E-state index is 13.4. The molecule has 172 valence electrons. The van der Waals surface area contributed by atoms with Crippen LogP contribution in [0.15, 0.2) is 17.1 Å². The molecule has 4 rings (SSSR count). The van der Waals surface area contributed by atoms with Gasteiger partial charge in [-0.2, -0.15) is 5.10 Å². The zero-order valence-corrected chi connectivity index (χ0v) is 19.1. The van der Waals surface area contributed by atoms with E-state index in [4.69, 9.17) is 4.98 Å². The van der Waals surface area contributed by atoms with Gasteiger partial charge in [0, 0.05) is 31.3 Å². The number of fused-ring (bicyclic) bond motifs is 1. The van der Waals surface area contributed by atoms with Crippen LogP contribution in [0.25, 0.3) is 0 Å². The van der Waals surface area contributed by atoms with E-state index in [0.29, 0.717) is 56.1 Å². The van der Waals surface area contributed by atoms with Gasteiger partial charge in [-0.3, -0.25) is 19.1 Å². The predicted octanol–water partition coefficient (Wildman–Crippen LogP) is 1.96. The molecule has 0 spiro atoms. The Morgan fingerprint density at radius 1 is 1.28 bits per heavy atom. The third-order valence-electron chi connectivity index (χ3n) is 6.50. The first-order valence-corrected chi connectivity index (χ1v) is 11.6. The molecule has 32 heavy (non-hydrogen) atoms. The molecule has 0 saturated carbocycles. The van der Waals surface area contributed by atoms with Crippen molar-refractivity contribution in [3.8, 4) is 0 Å². The van der Waals surface area contributed by atoms with Crippen LogP contribution < -0.4 is 5.56 Å². The van der Waals surface area contributed by atoms with Crippen molar-refractivity contribution in [1.82, 2.24) is 29.5 Å². The number of hydrogen-bond donors (Lipinski definition) is 1. The van der Waals surface area contributed by atoms with Crippen molar-refractivity contribution in [3.63, 3.8) is 0 Å². The molecule has 2 aliphatic rings. The third kappa shape index (κ3) is 4.47. The minimum atomic E-state index is -0.256. The van der Waals surface area contributed by atoms with Crippen LogP contribution in [0.4, 0.5) is 0 Å². The Kier molecular flexibility index (Phi) is 6.43. The highest BCUT2D eigenvalue weighted by molar-refractivity contribution is 5.79. The Bertz CT molecular complexity index is 1060. The fourth-order valence-electron chi connectivity index (χ4n) is 4.74. The van der Waals surface area contributed by atoms with Crippen LogP contribution in [-0.2, 0) is 29.1 Å². The van der Waals surface area contributed by atoms with Crippen molar-refractivity contribution in [1.29, 1.82) is 0 Å². The first-order chi connectivity index (χ1) is 15.4. The summed E-state index contributed by atoms with van der Waals surface area (Å²) in [7, 11) is 0. The van der Waals surface area contributed by atoms with E-state index in [0.717, 1.165) is 25.0 Å². The summed E-state index contributed by atoms with van der Waals surface area (Å²) in [5.74, 6) is 0.411. The second kappa shape index (κ2) is 9.26. The molecule has 0 radical (unpaired) electrons. The van der Waals surface area contributed by atoms with Crippen LogP contribution in [0.5, 0.6) is 0 Å². The van der Waals surface area contributed by atoms with Gasteiger partial charge in [0.15, 0.2) is 0 Å². The van der Waals surface area contributed by atoms with Gasteiger partial charge in [0.2, 0.25) is 11.8 Å². The summed E-state index contributed by atoms with van der Waals surface area (Å²) in [5, 5.41) is 4.40. The van der Waals surface area contributed by atoms with E-state index in [9.17, 15) is 14.4 Å². The van der Waals surface area contributed by atoms with Crippen LogP contribution in [0.2, 0.25) is 0 Å². The fraction of sp³-hybridized carbons (Fsp3) is 0.609. The second-order valence-electron chi connectivity index (χ2n) is 8.92. The average Bonchev–Trinajstić information content (AvgIpc) is 3.21. The molecule has 2 atom stereocenters. The number of carbonyl (C=O) groups is 2. The third-order valence-corrected chi connectivity index (χ3v) is 6.50. The molecule has 2 aromatic rings. The summed E-state index contributed by atoms with van der Waals surface area (Å²) in [6.45, 7) is 7.74. The van der Waals surface area contributed by atoms with E-state index < -0.39 is 0 Å². The molecule has 9 nitrogen and oxygen atoms in total. The van der Waals surface area contributed by atoms with E-state index in [1.54, 1.807) is 9.58 Å². The molecule has 0 unspecified atom stereocenters. The van der Waals surface area contributed by atoms with E-state index >= 15 is 0 Å². The average molecular weight is 441 g/mol. The normalized spacial score (nSPS) is 19.5. The molecule has 0 bridgehead atoms. The molecule has 0 aromatic carbocycles. The lowest BCUT2D eigenvalue weighted by molar-refractivity contribution is -0.139. The molecular formula is C23H32N6O3. The number of aryl methyl sites for hydroxylation is 1. The summed E-state index contributed by atoms with van der Waals surface area (Å²) in [6.07, 6.45) is 5.50. The number of aromatic nitrogens is 4. The lowest BCUT2D eigenvalue weighted by atomic mass is 9.98. The molecular weight excluding hydrogens is 408 g/mol. The second-order valence-corrected chi connectivity index (χ2v) is 8.92. The van der Waals surface area contributed by atoms with Crippen molar-refractivity contribution in [2.75, 3.05) is 13.1 Å². The van der Waals surface area contributed by atoms with Crippen molar-refractivity contribution in [3.05, 3.63) is 45.4 Å². The predicted molar refractivity (Wildman–Crippen MR) is 119 cm³/mol. The molecule has 0 aliphatic carbocycles. The Labute approximate surface area is 187 Å². The van der Waals surface area contributed by atoms with E-state index in [1.807, 2.05) is 37.9 Å². The van der Waals surface area contributed by atoms with Crippen molar-refractivity contribution < 1.29 is 9.59 Å². The summed E-state index contributed by atoms with van der Waals surface area (Å²) in [4.78, 5) is 49.7. The van der Waals surface area contributed by atoms with Gasteiger partial charge in [0.1, 0.15) is 5.82 Å². The highest BCUT2D eigenvalue weighted by Crippen LogP contribution is 2.31. The van der Waals surface area contributed by atoms with E-state index in [-0.39, 0.29) is 29.3 Å². The number of rotatable bonds is 5. The number of carbonyl (C=O) groups excluding carboxylic acids is 2. The zero-order chi connectivity index (χ0) is 22.8. The Morgan fingerprint density at radius 2 is 2.09 bits per heavy atom. The summed E-state index contributed by atoms with van der Waals surface area (Å²) < 4.78 is 1.80. The number of likely N-dealkylation sites (tertiary alicyclic amines) is 1. The highest BCUT2D eigenvalue weighted by Gasteiger charge is 2.33. The van der Waals surface area contributed by atoms with Gasteiger partial charge in [-0.15, -0.1) is 0 Å². The number of amides is 2. The fourth-order valence-corrected chi connectivity index (χ4v) is 4.74. The molecule has 1 fully saturated rings. The van der Waals surface area contributed by atoms with Gasteiger partial charge < -0.3 is 14.8 Å². The Balaban J connectivity index is 1.57. The highest BCUT2D eigenvalue weighted by atomic mass is 16.2. The minimum absolute atomic E-state index is 0.0472. The van der Waals surface area contributed by atoms with Crippen LogP contribution >= 0.6 is 0 Å². The quantitative estimate of drug-likeness (QED) is 0.765. The molecule has 1 N–H and O–H groups in total. The molecule has 2 aromatic heterocycles. The molecule has 4 heterocycles. The van der Waals surface area contributed by atoms with Crippen molar-refractivity contribution in [2.24, 2.45) is 5.92 Å². The molecule has 2 amide bonds. The zero-order valence-electron chi connectivity index (χ0n) is 19.1. The van der Waals surface area contributed by atoms with Crippen molar-refractivity contribution in [2.45, 2.75) is 72.0 Å². The first-order valence-electron chi connectivity index (χ1n) is 11.6. The Hall–Kier alpha value is -2.97. The van der Waals surface area contributed by atoms with Crippen LogP contribution in [0.3, 0.4) is 0 Å². The molecule has 2 aliphatic heterocycles. The summed E-state index contributed by atoms with van der Waals surface area (Å²) in [5.41, 5.74) is 2.10. The van der Waals surface area contributed by atoms with Crippen LogP contribution in [0, 0.1) is 12.8 Å². The molecule has 1 saturated heterocycles. The number of H-pyrrole nitrogens is 1. The number of nitrogens with one attached hydrogen (secondary N) is 1. The lowest BCUT2D eigenvalue weighted by Gasteiger charge is -2.37. The molecule has 9 heteroatoms. The topological polar surface area (TPSA) is 104 Å². The van der Waals surface area contributed by atoms with Gasteiger partial charge in [0.25, 0.3) is 5.56 Å². The number of aromatic amines is 1. The van der Waals surface area contributed by atoms with Gasteiger partial charge in [-0.1, -0.05) is 13.8 Å². The maximum Gasteiger partial charge on any atom is 0.254 e. The summed E-state index contributed by atoms with van der Waals surface area (Å²) >= 11 is 0. The number of piperidine rings is 1. The minimum Gasteiger partial charge on any atom is -0.336 e. The summed E-state index contributed by atoms with van der Waals surface area (Å²) in [6, 6.07) is 1.67. The van der Waals surface area contributed by atoms with E-state index in [1.165, 1.54) is 0 Å². The smallest absolute Gasteiger partial charge is 0.254 e. The SMILES string of the molecule is CCC(=O)N1CCc2c(nc([C@@H]3CCCCN3C(=O)[C@@H](C)Cn3ccc(C)n3)[nH]c2=O)C1. The van der Waals surface area contributed by atoms with Gasteiger partial charge in [-0.25, -0.2) is 4.98 Å². The first kappa shape index (κ1) is 22.2. The number of hydrogen-bond acceptors (Lipinski definition) is 5. The van der Waals surface area contributed by atoms with E-state index in [2.05, 4.69) is 10.1 Å². The largest absolute Gasteiger partial charge is 0.336 e. The number of nitrogens with zero attached hydrogens (tertiary/aromatic N) is 5. The Morgan fingerprint density at radius 3 is 2.81 bits per heavy atom. The van der Waals surface area contributed by atoms with Gasteiger partial charge >= 0.3 is 0 Å². The van der Waals surface area contributed by atoms with Gasteiger partial charge in [0.05, 0.1) is 36.4 Å².